The highest BCUT2D eigenvalue weighted by Crippen LogP contribution is 2.32. The lowest BCUT2D eigenvalue weighted by atomic mass is 10.3. The van der Waals surface area contributed by atoms with Crippen molar-refractivity contribution in [3.05, 3.63) is 29.4 Å². The molecule has 0 saturated heterocycles. The molecule has 2 rings (SSSR count). The summed E-state index contributed by atoms with van der Waals surface area (Å²) in [5.41, 5.74) is 1.12. The minimum Gasteiger partial charge on any atom is -0.264 e. The van der Waals surface area contributed by atoms with Crippen LogP contribution in [0, 0.1) is 0 Å². The highest BCUT2D eigenvalue weighted by atomic mass is 32.2. The first-order valence-corrected chi connectivity index (χ1v) is 7.33. The normalized spacial score (nSPS) is 10.6. The van der Waals surface area contributed by atoms with Crippen LogP contribution in [0.4, 0.5) is 0 Å². The van der Waals surface area contributed by atoms with Gasteiger partial charge in [-0.05, 0) is 24.8 Å². The second-order valence-electron chi connectivity index (χ2n) is 3.44. The summed E-state index contributed by atoms with van der Waals surface area (Å²) in [5.74, 6) is 0. The average Bonchev–Trinajstić information content (AvgIpc) is 2.74. The van der Waals surface area contributed by atoms with Crippen molar-refractivity contribution in [2.45, 2.75) is 24.8 Å². The average molecular weight is 250 g/mol. The lowest BCUT2D eigenvalue weighted by molar-refractivity contribution is 0.909. The van der Waals surface area contributed by atoms with E-state index in [9.17, 15) is 0 Å². The van der Waals surface area contributed by atoms with Crippen LogP contribution < -0.4 is 0 Å². The van der Waals surface area contributed by atoms with Crippen molar-refractivity contribution < 1.29 is 0 Å². The van der Waals surface area contributed by atoms with Crippen molar-refractivity contribution in [3.63, 3.8) is 0 Å². The fraction of sp³-hybridized carbons (Fsp3) is 0.333. The maximum atomic E-state index is 4.66. The van der Waals surface area contributed by atoms with E-state index in [0.29, 0.717) is 0 Å². The van der Waals surface area contributed by atoms with E-state index >= 15 is 0 Å². The van der Waals surface area contributed by atoms with Crippen LogP contribution in [0.3, 0.4) is 0 Å². The molecule has 0 radical (unpaired) electrons. The van der Waals surface area contributed by atoms with E-state index in [1.807, 2.05) is 12.3 Å². The van der Waals surface area contributed by atoms with Crippen molar-refractivity contribution in [2.75, 3.05) is 6.26 Å². The number of aromatic nitrogens is 2. The Balaban J connectivity index is 2.36. The van der Waals surface area contributed by atoms with Crippen LogP contribution in [0.15, 0.2) is 29.6 Å². The number of thiazole rings is 1. The minimum atomic E-state index is 1.08. The van der Waals surface area contributed by atoms with Crippen molar-refractivity contribution in [1.29, 1.82) is 0 Å². The third kappa shape index (κ3) is 2.44. The Hall–Kier alpha value is -0.870. The first-order valence-electron chi connectivity index (χ1n) is 5.29. The second-order valence-corrected chi connectivity index (χ2v) is 5.32. The van der Waals surface area contributed by atoms with Gasteiger partial charge in [0.1, 0.15) is 10.0 Å². The number of rotatable bonds is 4. The van der Waals surface area contributed by atoms with Crippen LogP contribution in [0.1, 0.15) is 18.2 Å². The van der Waals surface area contributed by atoms with Gasteiger partial charge in [-0.2, -0.15) is 0 Å². The van der Waals surface area contributed by atoms with Gasteiger partial charge in [-0.15, -0.1) is 23.1 Å². The van der Waals surface area contributed by atoms with Crippen molar-refractivity contribution in [1.82, 2.24) is 9.97 Å². The Morgan fingerprint density at radius 1 is 1.44 bits per heavy atom. The molecule has 0 fully saturated rings. The smallest absolute Gasteiger partial charge is 0.126 e. The topological polar surface area (TPSA) is 25.8 Å². The summed E-state index contributed by atoms with van der Waals surface area (Å²) in [6, 6.07) is 4.01. The molecule has 4 heteroatoms. The fourth-order valence-corrected chi connectivity index (χ4v) is 3.49. The van der Waals surface area contributed by atoms with Gasteiger partial charge in [0.25, 0.3) is 0 Å². The highest BCUT2D eigenvalue weighted by molar-refractivity contribution is 7.98. The van der Waals surface area contributed by atoms with Gasteiger partial charge in [0.05, 0.1) is 0 Å². The summed E-state index contributed by atoms with van der Waals surface area (Å²) in [4.78, 5) is 10.2. The minimum absolute atomic E-state index is 1.08. The molecule has 2 nitrogen and oxygen atoms in total. The Morgan fingerprint density at radius 2 is 2.31 bits per heavy atom. The molecule has 2 aromatic rings. The number of hydrogen-bond acceptors (Lipinski definition) is 4. The molecule has 0 atom stereocenters. The van der Waals surface area contributed by atoms with Gasteiger partial charge < -0.3 is 0 Å². The van der Waals surface area contributed by atoms with E-state index in [2.05, 4.69) is 29.2 Å². The van der Waals surface area contributed by atoms with Crippen LogP contribution >= 0.6 is 23.1 Å². The molecule has 0 aliphatic carbocycles. The molecule has 0 unspecified atom stereocenters. The maximum Gasteiger partial charge on any atom is 0.126 e. The summed E-state index contributed by atoms with van der Waals surface area (Å²) < 4.78 is 0. The van der Waals surface area contributed by atoms with E-state index in [4.69, 9.17) is 0 Å². The fourth-order valence-electron chi connectivity index (χ4n) is 1.49. The Morgan fingerprint density at radius 3 is 2.94 bits per heavy atom. The highest BCUT2D eigenvalue weighted by Gasteiger charge is 2.10. The molecule has 0 saturated carbocycles. The number of aryl methyl sites for hydroxylation is 1. The number of pyridine rings is 1. The van der Waals surface area contributed by atoms with E-state index in [1.54, 1.807) is 29.3 Å². The van der Waals surface area contributed by atoms with Crippen LogP contribution in [0.5, 0.6) is 0 Å². The molecule has 0 aliphatic rings. The molecular weight excluding hydrogens is 236 g/mol. The molecule has 0 N–H and O–H groups in total. The zero-order valence-corrected chi connectivity index (χ0v) is 11.1. The van der Waals surface area contributed by atoms with Gasteiger partial charge in [-0.25, -0.2) is 4.98 Å². The van der Waals surface area contributed by atoms with E-state index in [0.717, 1.165) is 17.0 Å². The molecule has 0 aliphatic heterocycles. The lowest BCUT2D eigenvalue weighted by Gasteiger charge is -1.93. The third-order valence-electron chi connectivity index (χ3n) is 2.24. The van der Waals surface area contributed by atoms with E-state index in [-0.39, 0.29) is 0 Å². The predicted octanol–water partition coefficient (Wildman–Crippen LogP) is 3.88. The number of hydrogen-bond donors (Lipinski definition) is 0. The van der Waals surface area contributed by atoms with E-state index in [1.165, 1.54) is 16.3 Å². The van der Waals surface area contributed by atoms with Gasteiger partial charge in [0, 0.05) is 22.8 Å². The summed E-state index contributed by atoms with van der Waals surface area (Å²) in [6.45, 7) is 2.20. The van der Waals surface area contributed by atoms with E-state index < -0.39 is 0 Å². The molecular formula is C12H14N2S2. The molecule has 0 bridgehead atoms. The van der Waals surface area contributed by atoms with Gasteiger partial charge in [-0.1, -0.05) is 13.3 Å². The molecule has 0 amide bonds. The largest absolute Gasteiger partial charge is 0.264 e. The molecule has 0 spiro atoms. The zero-order chi connectivity index (χ0) is 11.4. The number of thioether (sulfide) groups is 1. The zero-order valence-electron chi connectivity index (χ0n) is 9.43. The lowest BCUT2D eigenvalue weighted by Crippen LogP contribution is -1.80. The van der Waals surface area contributed by atoms with Crippen molar-refractivity contribution in [2.24, 2.45) is 0 Å². The molecule has 2 aromatic heterocycles. The Bertz CT molecular complexity index is 451. The third-order valence-corrected chi connectivity index (χ3v) is 4.26. The van der Waals surface area contributed by atoms with Crippen LogP contribution in [-0.2, 0) is 6.42 Å². The SMILES string of the molecule is CCCc1sc(-c2cccnc2)nc1SC. The number of nitrogens with zero attached hydrogens (tertiary/aromatic N) is 2. The molecule has 84 valence electrons. The molecule has 0 aromatic carbocycles. The summed E-state index contributed by atoms with van der Waals surface area (Å²) in [7, 11) is 0. The standard InChI is InChI=1S/C12H14N2S2/c1-3-5-10-12(15-2)14-11(16-10)9-6-4-7-13-8-9/h4,6-8H,3,5H2,1-2H3. The second kappa shape index (κ2) is 5.46. The quantitative estimate of drug-likeness (QED) is 0.770. The van der Waals surface area contributed by atoms with Gasteiger partial charge in [-0.3, -0.25) is 4.98 Å². The van der Waals surface area contributed by atoms with Gasteiger partial charge >= 0.3 is 0 Å². The summed E-state index contributed by atoms with van der Waals surface area (Å²) in [5, 5.41) is 2.26. The first kappa shape index (κ1) is 11.6. The van der Waals surface area contributed by atoms with Crippen molar-refractivity contribution >= 4 is 23.1 Å². The van der Waals surface area contributed by atoms with Crippen LogP contribution in [0.2, 0.25) is 0 Å². The molecule has 16 heavy (non-hydrogen) atoms. The molecule has 2 heterocycles. The summed E-state index contributed by atoms with van der Waals surface area (Å²) >= 11 is 3.52. The van der Waals surface area contributed by atoms with Crippen LogP contribution in [-0.4, -0.2) is 16.2 Å². The van der Waals surface area contributed by atoms with Gasteiger partial charge in [0.2, 0.25) is 0 Å². The van der Waals surface area contributed by atoms with Crippen molar-refractivity contribution in [3.8, 4) is 10.6 Å². The summed E-state index contributed by atoms with van der Waals surface area (Å²) in [6.07, 6.45) is 8.04. The van der Waals surface area contributed by atoms with Gasteiger partial charge in [0.15, 0.2) is 0 Å². The first-order chi connectivity index (χ1) is 7.85. The van der Waals surface area contributed by atoms with Crippen LogP contribution in [0.25, 0.3) is 10.6 Å². The predicted molar refractivity (Wildman–Crippen MR) is 71.1 cm³/mol. The Labute approximate surface area is 104 Å². The monoisotopic (exact) mass is 250 g/mol. The Kier molecular flexibility index (Phi) is 3.96. The maximum absolute atomic E-state index is 4.66.